The standard InChI is InChI=1S/C6H11NO6S/c1-13-6(10)4-7-14(11,12)3-2-5(8)9/h7H,2-4H2,1H3,(H,8,9). The largest absolute Gasteiger partial charge is 0.481 e. The number of carbonyl (C=O) groups excluding carboxylic acids is 1. The molecular weight excluding hydrogens is 214 g/mol. The Bertz CT molecular complexity index is 308. The first-order valence-corrected chi connectivity index (χ1v) is 5.28. The Labute approximate surface area is 81.1 Å². The highest BCUT2D eigenvalue weighted by Gasteiger charge is 2.13. The zero-order valence-corrected chi connectivity index (χ0v) is 8.33. The van der Waals surface area contributed by atoms with Gasteiger partial charge in [-0.2, -0.15) is 0 Å². The molecule has 0 aromatic rings. The van der Waals surface area contributed by atoms with Gasteiger partial charge in [0.25, 0.3) is 0 Å². The van der Waals surface area contributed by atoms with Gasteiger partial charge >= 0.3 is 11.9 Å². The maximum Gasteiger partial charge on any atom is 0.320 e. The Morgan fingerprint density at radius 3 is 2.43 bits per heavy atom. The number of esters is 1. The smallest absolute Gasteiger partial charge is 0.320 e. The van der Waals surface area contributed by atoms with Crippen LogP contribution >= 0.6 is 0 Å². The monoisotopic (exact) mass is 225 g/mol. The SMILES string of the molecule is COC(=O)CNS(=O)(=O)CCC(=O)O. The third-order valence-corrected chi connectivity index (χ3v) is 2.57. The lowest BCUT2D eigenvalue weighted by molar-refractivity contribution is -0.139. The number of aliphatic carboxylic acids is 1. The van der Waals surface area contributed by atoms with Gasteiger partial charge < -0.3 is 9.84 Å². The minimum Gasteiger partial charge on any atom is -0.481 e. The van der Waals surface area contributed by atoms with E-state index in [1.165, 1.54) is 0 Å². The van der Waals surface area contributed by atoms with Crippen molar-refractivity contribution >= 4 is 22.0 Å². The molecule has 8 heteroatoms. The summed E-state index contributed by atoms with van der Waals surface area (Å²) in [7, 11) is -2.59. The Morgan fingerprint density at radius 2 is 2.00 bits per heavy atom. The number of sulfonamides is 1. The number of carboxylic acid groups (broad SMARTS) is 1. The van der Waals surface area contributed by atoms with Crippen molar-refractivity contribution < 1.29 is 27.9 Å². The number of carboxylic acids is 1. The summed E-state index contributed by atoms with van der Waals surface area (Å²) in [5, 5.41) is 8.22. The van der Waals surface area contributed by atoms with E-state index < -0.39 is 40.7 Å². The number of methoxy groups -OCH3 is 1. The predicted molar refractivity (Wildman–Crippen MR) is 46.1 cm³/mol. The third kappa shape index (κ3) is 6.38. The van der Waals surface area contributed by atoms with Crippen LogP contribution in [0.5, 0.6) is 0 Å². The summed E-state index contributed by atoms with van der Waals surface area (Å²) in [4.78, 5) is 20.6. The summed E-state index contributed by atoms with van der Waals surface area (Å²) in [6.07, 6.45) is -0.503. The van der Waals surface area contributed by atoms with Crippen LogP contribution in [0.1, 0.15) is 6.42 Å². The summed E-state index contributed by atoms with van der Waals surface area (Å²) >= 11 is 0. The summed E-state index contributed by atoms with van der Waals surface area (Å²) < 4.78 is 28.0. The van der Waals surface area contributed by atoms with Crippen LogP contribution in [0.2, 0.25) is 0 Å². The highest BCUT2D eigenvalue weighted by molar-refractivity contribution is 7.89. The van der Waals surface area contributed by atoms with Gasteiger partial charge in [-0.3, -0.25) is 9.59 Å². The molecule has 0 amide bonds. The van der Waals surface area contributed by atoms with Crippen molar-refractivity contribution in [2.24, 2.45) is 0 Å². The van der Waals surface area contributed by atoms with Crippen molar-refractivity contribution in [3.05, 3.63) is 0 Å². The van der Waals surface area contributed by atoms with Crippen LogP contribution in [0.4, 0.5) is 0 Å². The molecule has 0 saturated heterocycles. The number of carbonyl (C=O) groups is 2. The first-order valence-electron chi connectivity index (χ1n) is 3.63. The first-order chi connectivity index (χ1) is 6.37. The average molecular weight is 225 g/mol. The molecule has 0 aliphatic carbocycles. The molecule has 0 atom stereocenters. The normalized spacial score (nSPS) is 10.9. The Hall–Kier alpha value is -1.15. The van der Waals surface area contributed by atoms with E-state index in [1.54, 1.807) is 0 Å². The molecule has 0 saturated carbocycles. The summed E-state index contributed by atoms with van der Waals surface area (Å²) in [6.45, 7) is -0.488. The van der Waals surface area contributed by atoms with Crippen molar-refractivity contribution in [2.75, 3.05) is 19.4 Å². The Morgan fingerprint density at radius 1 is 1.43 bits per heavy atom. The number of hydrogen-bond donors (Lipinski definition) is 2. The molecule has 0 radical (unpaired) electrons. The van der Waals surface area contributed by atoms with E-state index in [1.807, 2.05) is 4.72 Å². The molecular formula is C6H11NO6S. The van der Waals surface area contributed by atoms with Crippen LogP contribution in [0, 0.1) is 0 Å². The second-order valence-electron chi connectivity index (χ2n) is 2.36. The van der Waals surface area contributed by atoms with Crippen molar-refractivity contribution in [3.63, 3.8) is 0 Å². The molecule has 7 nitrogen and oxygen atoms in total. The lowest BCUT2D eigenvalue weighted by Gasteiger charge is -2.03. The van der Waals surface area contributed by atoms with E-state index in [4.69, 9.17) is 5.11 Å². The number of nitrogens with one attached hydrogen (secondary N) is 1. The molecule has 0 unspecified atom stereocenters. The molecule has 0 spiro atoms. The molecule has 0 aliphatic heterocycles. The fourth-order valence-corrected chi connectivity index (χ4v) is 1.46. The molecule has 82 valence electrons. The van der Waals surface area contributed by atoms with Gasteiger partial charge in [-0.15, -0.1) is 0 Å². The van der Waals surface area contributed by atoms with E-state index in [-0.39, 0.29) is 0 Å². The topological polar surface area (TPSA) is 110 Å². The zero-order chi connectivity index (χ0) is 11.2. The molecule has 14 heavy (non-hydrogen) atoms. The molecule has 0 aliphatic rings. The highest BCUT2D eigenvalue weighted by atomic mass is 32.2. The van der Waals surface area contributed by atoms with E-state index >= 15 is 0 Å². The van der Waals surface area contributed by atoms with E-state index in [0.29, 0.717) is 0 Å². The lowest BCUT2D eigenvalue weighted by atomic mass is 10.5. The third-order valence-electron chi connectivity index (χ3n) is 1.25. The van der Waals surface area contributed by atoms with Crippen molar-refractivity contribution in [1.82, 2.24) is 4.72 Å². The van der Waals surface area contributed by atoms with E-state index in [0.717, 1.165) is 7.11 Å². The fraction of sp³-hybridized carbons (Fsp3) is 0.667. The lowest BCUT2D eigenvalue weighted by Crippen LogP contribution is -2.32. The molecule has 0 fully saturated rings. The second-order valence-corrected chi connectivity index (χ2v) is 4.29. The van der Waals surface area contributed by atoms with Crippen molar-refractivity contribution in [3.8, 4) is 0 Å². The van der Waals surface area contributed by atoms with E-state index in [2.05, 4.69) is 4.74 Å². The average Bonchev–Trinajstić information content (AvgIpc) is 2.11. The molecule has 0 rings (SSSR count). The summed E-state index contributed by atoms with van der Waals surface area (Å²) in [5.74, 6) is -2.50. The quantitative estimate of drug-likeness (QED) is 0.535. The summed E-state index contributed by atoms with van der Waals surface area (Å²) in [6, 6.07) is 0. The van der Waals surface area contributed by atoms with Crippen LogP contribution < -0.4 is 4.72 Å². The predicted octanol–water partition coefficient (Wildman–Crippen LogP) is -1.45. The van der Waals surface area contributed by atoms with Gasteiger partial charge in [0, 0.05) is 0 Å². The van der Waals surface area contributed by atoms with Gasteiger partial charge in [0.1, 0.15) is 6.54 Å². The molecule has 2 N–H and O–H groups in total. The van der Waals surface area contributed by atoms with Crippen molar-refractivity contribution in [1.29, 1.82) is 0 Å². The van der Waals surface area contributed by atoms with Gasteiger partial charge in [-0.1, -0.05) is 0 Å². The molecule has 0 heterocycles. The zero-order valence-electron chi connectivity index (χ0n) is 7.52. The number of hydrogen-bond acceptors (Lipinski definition) is 5. The van der Waals surface area contributed by atoms with Crippen LogP contribution in [0.3, 0.4) is 0 Å². The maximum absolute atomic E-state index is 11.0. The van der Waals surface area contributed by atoms with Gasteiger partial charge in [0.2, 0.25) is 10.0 Å². The van der Waals surface area contributed by atoms with Gasteiger partial charge in [0.05, 0.1) is 19.3 Å². The molecule has 0 aromatic heterocycles. The van der Waals surface area contributed by atoms with Gasteiger partial charge in [-0.25, -0.2) is 13.1 Å². The minimum atomic E-state index is -3.71. The minimum absolute atomic E-state index is 0.488. The maximum atomic E-state index is 11.0. The number of ether oxygens (including phenoxy) is 1. The Balaban J connectivity index is 3.96. The van der Waals surface area contributed by atoms with Gasteiger partial charge in [-0.05, 0) is 0 Å². The van der Waals surface area contributed by atoms with Crippen LogP contribution in [-0.4, -0.2) is 44.9 Å². The van der Waals surface area contributed by atoms with Crippen molar-refractivity contribution in [2.45, 2.75) is 6.42 Å². The fourth-order valence-electron chi connectivity index (χ4n) is 0.535. The Kier molecular flexibility index (Phi) is 5.10. The second kappa shape index (κ2) is 5.55. The first kappa shape index (κ1) is 12.8. The molecule has 0 bridgehead atoms. The van der Waals surface area contributed by atoms with Gasteiger partial charge in [0.15, 0.2) is 0 Å². The summed E-state index contributed by atoms with van der Waals surface area (Å²) in [5.41, 5.74) is 0. The number of rotatable bonds is 6. The highest BCUT2D eigenvalue weighted by Crippen LogP contribution is 1.89. The van der Waals surface area contributed by atoms with Crippen LogP contribution in [-0.2, 0) is 24.3 Å². The van der Waals surface area contributed by atoms with Crippen LogP contribution in [0.25, 0.3) is 0 Å². The van der Waals surface area contributed by atoms with Crippen LogP contribution in [0.15, 0.2) is 0 Å². The molecule has 0 aromatic carbocycles. The van der Waals surface area contributed by atoms with E-state index in [9.17, 15) is 18.0 Å².